The summed E-state index contributed by atoms with van der Waals surface area (Å²) in [7, 11) is 0. The largest absolute Gasteiger partial charge is 0.337 e. The summed E-state index contributed by atoms with van der Waals surface area (Å²) in [5, 5.41) is 4.08. The molecule has 1 aromatic rings. The van der Waals surface area contributed by atoms with Crippen molar-refractivity contribution < 1.29 is 4.52 Å². The van der Waals surface area contributed by atoms with Crippen LogP contribution in [0.2, 0.25) is 0 Å². The summed E-state index contributed by atoms with van der Waals surface area (Å²) in [6.07, 6.45) is 6.35. The van der Waals surface area contributed by atoms with Crippen molar-refractivity contribution in [2.45, 2.75) is 57.9 Å². The number of likely N-dealkylation sites (N-methyl/N-ethyl adjacent to an activating group) is 1. The first-order chi connectivity index (χ1) is 9.18. The Morgan fingerprint density at radius 3 is 2.53 bits per heavy atom. The van der Waals surface area contributed by atoms with Gasteiger partial charge in [-0.3, -0.25) is 0 Å². The molecule has 1 heterocycles. The second-order valence-electron chi connectivity index (χ2n) is 5.51. The zero-order valence-electron chi connectivity index (χ0n) is 12.2. The third kappa shape index (κ3) is 3.54. The lowest BCUT2D eigenvalue weighted by atomic mass is 9.82. The van der Waals surface area contributed by atoms with Crippen LogP contribution >= 0.6 is 0 Å². The lowest BCUT2D eigenvalue weighted by Gasteiger charge is -2.29. The topological polar surface area (TPSA) is 68.2 Å². The maximum Gasteiger partial charge on any atom is 0.246 e. The fraction of sp³-hybridized carbons (Fsp3) is 0.857. The van der Waals surface area contributed by atoms with Gasteiger partial charge in [0.25, 0.3) is 0 Å². The number of rotatable bonds is 6. The number of nitrogens with two attached hydrogens (primary N) is 1. The van der Waals surface area contributed by atoms with E-state index in [9.17, 15) is 0 Å². The third-order valence-corrected chi connectivity index (χ3v) is 4.19. The van der Waals surface area contributed by atoms with Crippen LogP contribution in [0.3, 0.4) is 0 Å². The van der Waals surface area contributed by atoms with Gasteiger partial charge in [-0.25, -0.2) is 0 Å². The quantitative estimate of drug-likeness (QED) is 0.853. The summed E-state index contributed by atoms with van der Waals surface area (Å²) in [6, 6.07) is 0. The molecule has 19 heavy (non-hydrogen) atoms. The molecule has 0 aliphatic heterocycles. The van der Waals surface area contributed by atoms with Crippen molar-refractivity contribution in [2.75, 3.05) is 19.6 Å². The van der Waals surface area contributed by atoms with E-state index in [0.717, 1.165) is 57.6 Å². The Kier molecular flexibility index (Phi) is 4.93. The minimum absolute atomic E-state index is 0.376. The Morgan fingerprint density at radius 1 is 1.21 bits per heavy atom. The van der Waals surface area contributed by atoms with Gasteiger partial charge < -0.3 is 15.2 Å². The Morgan fingerprint density at radius 2 is 1.89 bits per heavy atom. The molecule has 0 aromatic carbocycles. The van der Waals surface area contributed by atoms with E-state index in [1.165, 1.54) is 6.42 Å². The normalized spacial score (nSPS) is 18.9. The second-order valence-corrected chi connectivity index (χ2v) is 5.51. The highest BCUT2D eigenvalue weighted by molar-refractivity contribution is 5.03. The van der Waals surface area contributed by atoms with Crippen LogP contribution in [0.25, 0.3) is 0 Å². The highest BCUT2D eigenvalue weighted by Gasteiger charge is 2.35. The molecule has 0 atom stereocenters. The molecular weight excluding hydrogens is 240 g/mol. The second kappa shape index (κ2) is 6.48. The zero-order chi connectivity index (χ0) is 13.7. The first-order valence-electron chi connectivity index (χ1n) is 7.52. The summed E-state index contributed by atoms with van der Waals surface area (Å²) in [5.41, 5.74) is 6.02. The molecule has 0 saturated heterocycles. The van der Waals surface area contributed by atoms with Crippen molar-refractivity contribution >= 4 is 0 Å². The molecule has 1 aliphatic carbocycles. The van der Waals surface area contributed by atoms with E-state index in [0.29, 0.717) is 5.89 Å². The third-order valence-electron chi connectivity index (χ3n) is 4.19. The van der Waals surface area contributed by atoms with Gasteiger partial charge in [-0.05, 0) is 25.9 Å². The maximum atomic E-state index is 6.40. The molecule has 5 heteroatoms. The van der Waals surface area contributed by atoms with E-state index in [4.69, 9.17) is 10.3 Å². The molecule has 1 fully saturated rings. The molecule has 2 rings (SSSR count). The van der Waals surface area contributed by atoms with E-state index in [-0.39, 0.29) is 5.54 Å². The van der Waals surface area contributed by atoms with E-state index >= 15 is 0 Å². The van der Waals surface area contributed by atoms with Crippen LogP contribution in [-0.4, -0.2) is 34.7 Å². The number of hydrogen-bond donors (Lipinski definition) is 1. The van der Waals surface area contributed by atoms with Gasteiger partial charge in [0.2, 0.25) is 5.89 Å². The minimum atomic E-state index is -0.376. The molecule has 1 aliphatic rings. The summed E-state index contributed by atoms with van der Waals surface area (Å²) in [5.74, 6) is 1.43. The molecule has 0 bridgehead atoms. The molecule has 1 aromatic heterocycles. The monoisotopic (exact) mass is 266 g/mol. The van der Waals surface area contributed by atoms with Crippen LogP contribution in [0.1, 0.15) is 57.7 Å². The van der Waals surface area contributed by atoms with Crippen LogP contribution in [0.5, 0.6) is 0 Å². The van der Waals surface area contributed by atoms with Crippen molar-refractivity contribution in [3.8, 4) is 0 Å². The smallest absolute Gasteiger partial charge is 0.246 e. The van der Waals surface area contributed by atoms with Crippen molar-refractivity contribution in [3.63, 3.8) is 0 Å². The summed E-state index contributed by atoms with van der Waals surface area (Å²) >= 11 is 0. The van der Waals surface area contributed by atoms with Gasteiger partial charge >= 0.3 is 0 Å². The standard InChI is InChI=1S/C14H26N4O/c1-3-18(4-2)11-8-12-16-13(19-17-12)14(15)9-6-5-7-10-14/h3-11,15H2,1-2H3. The zero-order valence-corrected chi connectivity index (χ0v) is 12.2. The van der Waals surface area contributed by atoms with Crippen molar-refractivity contribution in [1.29, 1.82) is 0 Å². The van der Waals surface area contributed by atoms with Gasteiger partial charge in [-0.15, -0.1) is 0 Å². The molecular formula is C14H26N4O. The van der Waals surface area contributed by atoms with Crippen molar-refractivity contribution in [1.82, 2.24) is 15.0 Å². The SMILES string of the molecule is CCN(CC)CCc1noc(C2(N)CCCCC2)n1. The summed E-state index contributed by atoms with van der Waals surface area (Å²) < 4.78 is 5.40. The van der Waals surface area contributed by atoms with Gasteiger partial charge in [-0.1, -0.05) is 38.3 Å². The molecule has 0 unspecified atom stereocenters. The first-order valence-corrected chi connectivity index (χ1v) is 7.52. The fourth-order valence-corrected chi connectivity index (χ4v) is 2.75. The summed E-state index contributed by atoms with van der Waals surface area (Å²) in [4.78, 5) is 6.87. The molecule has 108 valence electrons. The van der Waals surface area contributed by atoms with Gasteiger partial charge in [0.05, 0.1) is 5.54 Å². The first kappa shape index (κ1) is 14.5. The number of aromatic nitrogens is 2. The van der Waals surface area contributed by atoms with Gasteiger partial charge in [0.15, 0.2) is 5.82 Å². The average molecular weight is 266 g/mol. The van der Waals surface area contributed by atoms with E-state index in [1.54, 1.807) is 0 Å². The van der Waals surface area contributed by atoms with Crippen LogP contribution in [-0.2, 0) is 12.0 Å². The maximum absolute atomic E-state index is 6.40. The molecule has 0 spiro atoms. The molecule has 2 N–H and O–H groups in total. The predicted molar refractivity (Wildman–Crippen MR) is 74.7 cm³/mol. The van der Waals surface area contributed by atoms with Gasteiger partial charge in [-0.2, -0.15) is 4.98 Å². The highest BCUT2D eigenvalue weighted by Crippen LogP contribution is 2.33. The lowest BCUT2D eigenvalue weighted by molar-refractivity contribution is 0.219. The predicted octanol–water partition coefficient (Wildman–Crippen LogP) is 2.07. The molecule has 0 amide bonds. The van der Waals surface area contributed by atoms with Crippen LogP contribution in [0.4, 0.5) is 0 Å². The van der Waals surface area contributed by atoms with Gasteiger partial charge in [0, 0.05) is 13.0 Å². The highest BCUT2D eigenvalue weighted by atomic mass is 16.5. The number of nitrogens with zero attached hydrogens (tertiary/aromatic N) is 3. The number of hydrogen-bond acceptors (Lipinski definition) is 5. The van der Waals surface area contributed by atoms with Crippen LogP contribution in [0, 0.1) is 0 Å². The Labute approximate surface area is 115 Å². The van der Waals surface area contributed by atoms with E-state index in [1.807, 2.05) is 0 Å². The molecule has 0 radical (unpaired) electrons. The van der Waals surface area contributed by atoms with E-state index in [2.05, 4.69) is 28.9 Å². The van der Waals surface area contributed by atoms with Crippen molar-refractivity contribution in [3.05, 3.63) is 11.7 Å². The van der Waals surface area contributed by atoms with E-state index < -0.39 is 0 Å². The van der Waals surface area contributed by atoms with Crippen molar-refractivity contribution in [2.24, 2.45) is 5.73 Å². The fourth-order valence-electron chi connectivity index (χ4n) is 2.75. The Hall–Kier alpha value is -0.940. The summed E-state index contributed by atoms with van der Waals surface area (Å²) in [6.45, 7) is 7.43. The molecule has 1 saturated carbocycles. The Balaban J connectivity index is 1.94. The lowest BCUT2D eigenvalue weighted by Crippen LogP contribution is -2.39. The Bertz CT molecular complexity index is 381. The van der Waals surface area contributed by atoms with Crippen LogP contribution < -0.4 is 5.73 Å². The average Bonchev–Trinajstić information content (AvgIpc) is 2.90. The minimum Gasteiger partial charge on any atom is -0.337 e. The van der Waals surface area contributed by atoms with Crippen LogP contribution in [0.15, 0.2) is 4.52 Å². The molecule has 5 nitrogen and oxygen atoms in total. The van der Waals surface area contributed by atoms with Gasteiger partial charge in [0.1, 0.15) is 0 Å².